The topological polar surface area (TPSA) is 84.9 Å². The monoisotopic (exact) mass is 305 g/mol. The van der Waals surface area contributed by atoms with Gasteiger partial charge in [-0.15, -0.1) is 0 Å². The Morgan fingerprint density at radius 2 is 2.14 bits per heavy atom. The van der Waals surface area contributed by atoms with Gasteiger partial charge in [0.15, 0.2) is 0 Å². The van der Waals surface area contributed by atoms with Gasteiger partial charge in [0.1, 0.15) is 6.61 Å². The molecular formula is C16H19NO5. The molecule has 2 N–H and O–H groups in total. The van der Waals surface area contributed by atoms with Crippen molar-refractivity contribution < 1.29 is 24.2 Å². The number of nitrogens with one attached hydrogen (secondary N) is 1. The molecule has 1 aromatic carbocycles. The Morgan fingerprint density at radius 3 is 2.82 bits per heavy atom. The van der Waals surface area contributed by atoms with E-state index >= 15 is 0 Å². The van der Waals surface area contributed by atoms with Gasteiger partial charge in [-0.2, -0.15) is 0 Å². The molecule has 1 heterocycles. The standard InChI is InChI=1S/C16H19NO5/c18-14(19)9-16(8-13-12(16)6-7-21-13)17-15(20)22-10-11-4-2-1-3-5-11/h1-5,12-13H,6-10H2,(H,17,20)(H,18,19). The van der Waals surface area contributed by atoms with Crippen molar-refractivity contribution in [2.24, 2.45) is 5.92 Å². The molecule has 3 rings (SSSR count). The van der Waals surface area contributed by atoms with Gasteiger partial charge in [0, 0.05) is 12.5 Å². The fourth-order valence-electron chi connectivity index (χ4n) is 3.46. The predicted molar refractivity (Wildman–Crippen MR) is 77.2 cm³/mol. The Hall–Kier alpha value is -2.08. The molecule has 1 saturated carbocycles. The van der Waals surface area contributed by atoms with E-state index in [1.807, 2.05) is 30.3 Å². The smallest absolute Gasteiger partial charge is 0.407 e. The van der Waals surface area contributed by atoms with Gasteiger partial charge < -0.3 is 19.9 Å². The van der Waals surface area contributed by atoms with Crippen molar-refractivity contribution in [1.29, 1.82) is 0 Å². The number of carboxylic acid groups (broad SMARTS) is 1. The number of fused-ring (bicyclic) bond motifs is 1. The molecule has 1 aliphatic carbocycles. The lowest BCUT2D eigenvalue weighted by atomic mass is 9.62. The van der Waals surface area contributed by atoms with Crippen molar-refractivity contribution in [3.05, 3.63) is 35.9 Å². The van der Waals surface area contributed by atoms with Crippen molar-refractivity contribution in [3.63, 3.8) is 0 Å². The predicted octanol–water partition coefficient (Wildman–Crippen LogP) is 1.94. The van der Waals surface area contributed by atoms with E-state index in [2.05, 4.69) is 5.32 Å². The lowest BCUT2D eigenvalue weighted by Gasteiger charge is -2.50. The van der Waals surface area contributed by atoms with Crippen LogP contribution in [0.2, 0.25) is 0 Å². The molecule has 1 saturated heterocycles. The summed E-state index contributed by atoms with van der Waals surface area (Å²) in [5.74, 6) is -0.860. The summed E-state index contributed by atoms with van der Waals surface area (Å²) in [7, 11) is 0. The summed E-state index contributed by atoms with van der Waals surface area (Å²) in [6, 6.07) is 9.36. The molecule has 1 amide bonds. The van der Waals surface area contributed by atoms with E-state index in [1.165, 1.54) is 0 Å². The highest BCUT2D eigenvalue weighted by atomic mass is 16.5. The van der Waals surface area contributed by atoms with Crippen LogP contribution in [0.5, 0.6) is 0 Å². The molecule has 3 unspecified atom stereocenters. The SMILES string of the molecule is O=C(O)CC1(NC(=O)OCc2ccccc2)CC2OCCC21. The molecule has 3 atom stereocenters. The van der Waals surface area contributed by atoms with E-state index in [0.717, 1.165) is 12.0 Å². The first kappa shape index (κ1) is 14.8. The zero-order chi connectivity index (χ0) is 15.6. The first-order chi connectivity index (χ1) is 10.6. The van der Waals surface area contributed by atoms with Gasteiger partial charge in [-0.1, -0.05) is 30.3 Å². The minimum Gasteiger partial charge on any atom is -0.481 e. The number of aliphatic carboxylic acids is 1. The third-order valence-corrected chi connectivity index (χ3v) is 4.52. The van der Waals surface area contributed by atoms with E-state index in [1.54, 1.807) is 0 Å². The van der Waals surface area contributed by atoms with E-state index < -0.39 is 17.6 Å². The molecule has 2 aliphatic rings. The molecule has 6 heteroatoms. The quantitative estimate of drug-likeness (QED) is 0.868. The number of carbonyl (C=O) groups is 2. The van der Waals surface area contributed by atoms with E-state index in [9.17, 15) is 9.59 Å². The zero-order valence-electron chi connectivity index (χ0n) is 12.2. The summed E-state index contributed by atoms with van der Waals surface area (Å²) in [6.45, 7) is 0.790. The number of carboxylic acids is 1. The molecule has 0 bridgehead atoms. The number of hydrogen-bond acceptors (Lipinski definition) is 4. The molecule has 6 nitrogen and oxygen atoms in total. The molecule has 2 fully saturated rings. The summed E-state index contributed by atoms with van der Waals surface area (Å²) in [5.41, 5.74) is 0.154. The maximum atomic E-state index is 12.0. The number of hydrogen-bond donors (Lipinski definition) is 2. The number of carbonyl (C=O) groups excluding carboxylic acids is 1. The van der Waals surface area contributed by atoms with E-state index in [0.29, 0.717) is 13.0 Å². The average Bonchev–Trinajstić information content (AvgIpc) is 2.88. The molecule has 0 aromatic heterocycles. The molecule has 1 aliphatic heterocycles. The normalized spacial score (nSPS) is 29.3. The third-order valence-electron chi connectivity index (χ3n) is 4.52. The first-order valence-electron chi connectivity index (χ1n) is 7.41. The highest BCUT2D eigenvalue weighted by Crippen LogP contribution is 2.48. The second-order valence-electron chi connectivity index (χ2n) is 5.92. The van der Waals surface area contributed by atoms with Crippen molar-refractivity contribution in [3.8, 4) is 0 Å². The van der Waals surface area contributed by atoms with Crippen LogP contribution in [-0.4, -0.2) is 35.4 Å². The Bertz CT molecular complexity index is 561. The molecule has 0 spiro atoms. The van der Waals surface area contributed by atoms with Crippen LogP contribution >= 0.6 is 0 Å². The highest BCUT2D eigenvalue weighted by molar-refractivity contribution is 5.73. The Kier molecular flexibility index (Phi) is 4.02. The van der Waals surface area contributed by atoms with Crippen LogP contribution in [0.4, 0.5) is 4.79 Å². The van der Waals surface area contributed by atoms with Crippen LogP contribution in [0.15, 0.2) is 30.3 Å². The van der Waals surface area contributed by atoms with E-state index in [4.69, 9.17) is 14.6 Å². The minimum atomic E-state index is -0.922. The summed E-state index contributed by atoms with van der Waals surface area (Å²) in [4.78, 5) is 23.2. The van der Waals surface area contributed by atoms with Gasteiger partial charge in [0.25, 0.3) is 0 Å². The highest BCUT2D eigenvalue weighted by Gasteiger charge is 2.58. The van der Waals surface area contributed by atoms with Crippen LogP contribution in [0, 0.1) is 5.92 Å². The maximum absolute atomic E-state index is 12.0. The molecule has 1 aromatic rings. The van der Waals surface area contributed by atoms with Gasteiger partial charge in [-0.25, -0.2) is 4.79 Å². The van der Waals surface area contributed by atoms with E-state index in [-0.39, 0.29) is 25.0 Å². The van der Waals surface area contributed by atoms with Crippen LogP contribution in [-0.2, 0) is 20.9 Å². The summed E-state index contributed by atoms with van der Waals surface area (Å²) >= 11 is 0. The second-order valence-corrected chi connectivity index (χ2v) is 5.92. The Labute approximate surface area is 128 Å². The minimum absolute atomic E-state index is 0.0628. The first-order valence-corrected chi connectivity index (χ1v) is 7.41. The summed E-state index contributed by atoms with van der Waals surface area (Å²) in [5, 5.41) is 11.9. The van der Waals surface area contributed by atoms with Gasteiger partial charge >= 0.3 is 12.1 Å². The van der Waals surface area contributed by atoms with Crippen molar-refractivity contribution in [1.82, 2.24) is 5.32 Å². The van der Waals surface area contributed by atoms with Crippen LogP contribution in [0.25, 0.3) is 0 Å². The average molecular weight is 305 g/mol. The number of ether oxygens (including phenoxy) is 2. The summed E-state index contributed by atoms with van der Waals surface area (Å²) < 4.78 is 10.7. The number of alkyl carbamates (subject to hydrolysis) is 1. The van der Waals surface area contributed by atoms with Crippen molar-refractivity contribution in [2.75, 3.05) is 6.61 Å². The molecule has 118 valence electrons. The van der Waals surface area contributed by atoms with Crippen molar-refractivity contribution in [2.45, 2.75) is 37.5 Å². The van der Waals surface area contributed by atoms with Gasteiger partial charge in [0.2, 0.25) is 0 Å². The number of amides is 1. The van der Waals surface area contributed by atoms with Crippen molar-refractivity contribution >= 4 is 12.1 Å². The zero-order valence-corrected chi connectivity index (χ0v) is 12.2. The Balaban J connectivity index is 1.59. The van der Waals surface area contributed by atoms with Crippen LogP contribution in [0.1, 0.15) is 24.8 Å². The van der Waals surface area contributed by atoms with Gasteiger partial charge in [-0.05, 0) is 18.4 Å². The number of rotatable bonds is 5. The fraction of sp³-hybridized carbons (Fsp3) is 0.500. The van der Waals surface area contributed by atoms with Gasteiger partial charge in [-0.3, -0.25) is 4.79 Å². The maximum Gasteiger partial charge on any atom is 0.407 e. The van der Waals surface area contributed by atoms with Gasteiger partial charge in [0.05, 0.1) is 18.1 Å². The largest absolute Gasteiger partial charge is 0.481 e. The molecule has 0 radical (unpaired) electrons. The lowest BCUT2D eigenvalue weighted by molar-refractivity contribution is -0.143. The third kappa shape index (κ3) is 2.92. The van der Waals surface area contributed by atoms with Crippen LogP contribution in [0.3, 0.4) is 0 Å². The Morgan fingerprint density at radius 1 is 1.36 bits per heavy atom. The lowest BCUT2D eigenvalue weighted by Crippen LogP contribution is -2.66. The number of benzene rings is 1. The summed E-state index contributed by atoms with van der Waals surface area (Å²) in [6.07, 6.45) is 0.698. The fourth-order valence-corrected chi connectivity index (χ4v) is 3.46. The molecule has 22 heavy (non-hydrogen) atoms. The second kappa shape index (κ2) is 5.96. The van der Waals surface area contributed by atoms with Crippen LogP contribution < -0.4 is 5.32 Å². The molecular weight excluding hydrogens is 286 g/mol.